The highest BCUT2D eigenvalue weighted by Crippen LogP contribution is 2.25. The topological polar surface area (TPSA) is 64.3 Å². The number of hydrogen-bond acceptors (Lipinski definition) is 3. The molecule has 1 amide bonds. The Hall–Kier alpha value is -1.07. The summed E-state index contributed by atoms with van der Waals surface area (Å²) in [6, 6.07) is 5.97. The van der Waals surface area contributed by atoms with E-state index in [0.717, 1.165) is 22.2 Å². The first-order chi connectivity index (χ1) is 9.02. The third-order valence-corrected chi connectivity index (χ3v) is 3.40. The normalized spacial score (nSPS) is 12.0. The first kappa shape index (κ1) is 16.0. The SMILES string of the molecule is COc1ccc(CCC(=O)NCCC(C)N)cc1Br. The van der Waals surface area contributed by atoms with Crippen molar-refractivity contribution in [2.45, 2.75) is 32.2 Å². The van der Waals surface area contributed by atoms with Gasteiger partial charge in [0.05, 0.1) is 11.6 Å². The average molecular weight is 329 g/mol. The van der Waals surface area contributed by atoms with Crippen molar-refractivity contribution in [3.8, 4) is 5.75 Å². The van der Waals surface area contributed by atoms with Crippen LogP contribution in [0.2, 0.25) is 0 Å². The van der Waals surface area contributed by atoms with Gasteiger partial charge in [-0.3, -0.25) is 4.79 Å². The number of carbonyl (C=O) groups is 1. The predicted octanol–water partition coefficient (Wildman–Crippen LogP) is 2.24. The minimum atomic E-state index is 0.0626. The molecular formula is C14H21BrN2O2. The minimum absolute atomic E-state index is 0.0626. The molecule has 0 saturated carbocycles. The van der Waals surface area contributed by atoms with Crippen molar-refractivity contribution < 1.29 is 9.53 Å². The van der Waals surface area contributed by atoms with Crippen molar-refractivity contribution in [3.05, 3.63) is 28.2 Å². The van der Waals surface area contributed by atoms with E-state index >= 15 is 0 Å². The van der Waals surface area contributed by atoms with Crippen molar-refractivity contribution in [1.29, 1.82) is 0 Å². The molecule has 3 N–H and O–H groups in total. The number of nitrogens with two attached hydrogens (primary N) is 1. The van der Waals surface area contributed by atoms with Gasteiger partial charge in [-0.25, -0.2) is 0 Å². The first-order valence-corrected chi connectivity index (χ1v) is 7.17. The van der Waals surface area contributed by atoms with E-state index in [1.54, 1.807) is 7.11 Å². The maximum Gasteiger partial charge on any atom is 0.220 e. The lowest BCUT2D eigenvalue weighted by molar-refractivity contribution is -0.121. The lowest BCUT2D eigenvalue weighted by Crippen LogP contribution is -2.29. The zero-order valence-corrected chi connectivity index (χ0v) is 13.0. The number of rotatable bonds is 7. The predicted molar refractivity (Wildman–Crippen MR) is 80.3 cm³/mol. The molecule has 0 aliphatic rings. The molecule has 0 aliphatic carbocycles. The van der Waals surface area contributed by atoms with Gasteiger partial charge in [0.1, 0.15) is 5.75 Å². The minimum Gasteiger partial charge on any atom is -0.496 e. The Morgan fingerprint density at radius 1 is 1.53 bits per heavy atom. The molecule has 5 heteroatoms. The number of hydrogen-bond donors (Lipinski definition) is 2. The Labute approximate surface area is 122 Å². The Morgan fingerprint density at radius 3 is 2.84 bits per heavy atom. The van der Waals surface area contributed by atoms with E-state index in [-0.39, 0.29) is 11.9 Å². The van der Waals surface area contributed by atoms with Crippen LogP contribution in [0, 0.1) is 0 Å². The molecule has 0 spiro atoms. The third kappa shape index (κ3) is 6.07. The molecule has 19 heavy (non-hydrogen) atoms. The van der Waals surface area contributed by atoms with Gasteiger partial charge < -0.3 is 15.8 Å². The molecule has 106 valence electrons. The standard InChI is InChI=1S/C14H21BrN2O2/c1-10(16)7-8-17-14(18)6-4-11-3-5-13(19-2)12(15)9-11/h3,5,9-10H,4,6-8,16H2,1-2H3,(H,17,18). The van der Waals surface area contributed by atoms with Crippen molar-refractivity contribution >= 4 is 21.8 Å². The average Bonchev–Trinajstić information content (AvgIpc) is 2.36. The molecule has 0 aliphatic heterocycles. The van der Waals surface area contributed by atoms with Gasteiger partial charge in [-0.1, -0.05) is 6.07 Å². The summed E-state index contributed by atoms with van der Waals surface area (Å²) in [6.45, 7) is 2.57. The van der Waals surface area contributed by atoms with E-state index in [2.05, 4.69) is 21.2 Å². The number of halogens is 1. The Morgan fingerprint density at radius 2 is 2.26 bits per heavy atom. The molecule has 0 fully saturated rings. The van der Waals surface area contributed by atoms with E-state index in [1.165, 1.54) is 0 Å². The van der Waals surface area contributed by atoms with Gasteiger partial charge >= 0.3 is 0 Å². The maximum absolute atomic E-state index is 11.6. The molecule has 0 saturated heterocycles. The monoisotopic (exact) mass is 328 g/mol. The summed E-state index contributed by atoms with van der Waals surface area (Å²) in [5.74, 6) is 0.859. The highest BCUT2D eigenvalue weighted by molar-refractivity contribution is 9.10. The van der Waals surface area contributed by atoms with Crippen LogP contribution in [0.25, 0.3) is 0 Å². The molecule has 1 rings (SSSR count). The number of methoxy groups -OCH3 is 1. The van der Waals surface area contributed by atoms with E-state index in [9.17, 15) is 4.79 Å². The van der Waals surface area contributed by atoms with Gasteiger partial charge in [-0.2, -0.15) is 0 Å². The molecule has 0 bridgehead atoms. The molecule has 4 nitrogen and oxygen atoms in total. The number of ether oxygens (including phenoxy) is 1. The van der Waals surface area contributed by atoms with Crippen LogP contribution in [0.1, 0.15) is 25.3 Å². The third-order valence-electron chi connectivity index (χ3n) is 2.78. The summed E-state index contributed by atoms with van der Waals surface area (Å²) in [7, 11) is 1.63. The molecule has 1 aromatic rings. The Kier molecular flexibility index (Phi) is 6.87. The zero-order valence-electron chi connectivity index (χ0n) is 11.4. The Bertz CT molecular complexity index is 422. The van der Waals surface area contributed by atoms with Crippen molar-refractivity contribution in [2.24, 2.45) is 5.73 Å². The van der Waals surface area contributed by atoms with Gasteiger partial charge in [0.25, 0.3) is 0 Å². The van der Waals surface area contributed by atoms with Gasteiger partial charge in [0, 0.05) is 19.0 Å². The highest BCUT2D eigenvalue weighted by Gasteiger charge is 2.05. The number of aryl methyl sites for hydroxylation is 1. The number of carbonyl (C=O) groups excluding carboxylic acids is 1. The van der Waals surface area contributed by atoms with Crippen LogP contribution in [-0.2, 0) is 11.2 Å². The van der Waals surface area contributed by atoms with Crippen LogP contribution in [-0.4, -0.2) is 25.6 Å². The van der Waals surface area contributed by atoms with E-state index in [4.69, 9.17) is 10.5 Å². The zero-order chi connectivity index (χ0) is 14.3. The summed E-state index contributed by atoms with van der Waals surface area (Å²) in [4.78, 5) is 11.6. The quantitative estimate of drug-likeness (QED) is 0.806. The van der Waals surface area contributed by atoms with Crippen LogP contribution in [0.3, 0.4) is 0 Å². The highest BCUT2D eigenvalue weighted by atomic mass is 79.9. The number of benzene rings is 1. The summed E-state index contributed by atoms with van der Waals surface area (Å²) < 4.78 is 6.07. The summed E-state index contributed by atoms with van der Waals surface area (Å²) >= 11 is 3.43. The van der Waals surface area contributed by atoms with Crippen molar-refractivity contribution in [2.75, 3.05) is 13.7 Å². The second-order valence-electron chi connectivity index (χ2n) is 4.58. The van der Waals surface area contributed by atoms with Crippen LogP contribution in [0.15, 0.2) is 22.7 Å². The largest absolute Gasteiger partial charge is 0.496 e. The first-order valence-electron chi connectivity index (χ1n) is 6.37. The molecular weight excluding hydrogens is 308 g/mol. The summed E-state index contributed by atoms with van der Waals surface area (Å²) in [6.07, 6.45) is 2.00. The summed E-state index contributed by atoms with van der Waals surface area (Å²) in [5.41, 5.74) is 6.73. The number of nitrogens with one attached hydrogen (secondary N) is 1. The van der Waals surface area contributed by atoms with Crippen LogP contribution < -0.4 is 15.8 Å². The fourth-order valence-electron chi connectivity index (χ4n) is 1.65. The van der Waals surface area contributed by atoms with Crippen LogP contribution >= 0.6 is 15.9 Å². The fourth-order valence-corrected chi connectivity index (χ4v) is 2.24. The molecule has 1 aromatic carbocycles. The maximum atomic E-state index is 11.6. The smallest absolute Gasteiger partial charge is 0.220 e. The Balaban J connectivity index is 2.36. The van der Waals surface area contributed by atoms with Gasteiger partial charge in [0.15, 0.2) is 0 Å². The van der Waals surface area contributed by atoms with Crippen molar-refractivity contribution in [3.63, 3.8) is 0 Å². The molecule has 0 heterocycles. The van der Waals surface area contributed by atoms with Crippen LogP contribution in [0.5, 0.6) is 5.75 Å². The molecule has 0 aromatic heterocycles. The van der Waals surface area contributed by atoms with Crippen molar-refractivity contribution in [1.82, 2.24) is 5.32 Å². The fraction of sp³-hybridized carbons (Fsp3) is 0.500. The molecule has 1 unspecified atom stereocenters. The lowest BCUT2D eigenvalue weighted by Gasteiger charge is -2.08. The van der Waals surface area contributed by atoms with Gasteiger partial charge in [-0.05, 0) is 53.4 Å². The van der Waals surface area contributed by atoms with Gasteiger partial charge in [0.2, 0.25) is 5.91 Å². The van der Waals surface area contributed by atoms with Crippen LogP contribution in [0.4, 0.5) is 0 Å². The van der Waals surface area contributed by atoms with Gasteiger partial charge in [-0.15, -0.1) is 0 Å². The molecule has 0 radical (unpaired) electrons. The lowest BCUT2D eigenvalue weighted by atomic mass is 10.1. The second-order valence-corrected chi connectivity index (χ2v) is 5.44. The van der Waals surface area contributed by atoms with E-state index < -0.39 is 0 Å². The van der Waals surface area contributed by atoms with E-state index in [0.29, 0.717) is 19.4 Å². The summed E-state index contributed by atoms with van der Waals surface area (Å²) in [5, 5.41) is 2.87. The number of amides is 1. The molecule has 1 atom stereocenters. The van der Waals surface area contributed by atoms with E-state index in [1.807, 2.05) is 25.1 Å². The second kappa shape index (κ2) is 8.17.